The lowest BCUT2D eigenvalue weighted by atomic mass is 10.0. The Bertz CT molecular complexity index is 535. The SMILES string of the molecule is CC.CC(OC(=O)CBr)c1ccc(-c2ccccc2)cc1. The Kier molecular flexibility index (Phi) is 7.76. The molecule has 0 aromatic heterocycles. The topological polar surface area (TPSA) is 26.3 Å². The van der Waals surface area contributed by atoms with Gasteiger partial charge in [0.15, 0.2) is 0 Å². The lowest BCUT2D eigenvalue weighted by Gasteiger charge is -2.13. The van der Waals surface area contributed by atoms with Gasteiger partial charge >= 0.3 is 5.97 Å². The molecule has 0 fully saturated rings. The van der Waals surface area contributed by atoms with Crippen LogP contribution in [0.25, 0.3) is 11.1 Å². The van der Waals surface area contributed by atoms with Crippen LogP contribution in [0.4, 0.5) is 0 Å². The van der Waals surface area contributed by atoms with Crippen molar-refractivity contribution in [2.24, 2.45) is 0 Å². The Morgan fingerprint density at radius 1 is 1.00 bits per heavy atom. The van der Waals surface area contributed by atoms with Gasteiger partial charge in [-0.15, -0.1) is 0 Å². The first kappa shape index (κ1) is 17.4. The van der Waals surface area contributed by atoms with Crippen LogP contribution in [-0.4, -0.2) is 11.3 Å². The standard InChI is InChI=1S/C16H15BrO2.C2H6/c1-12(19-16(18)11-17)13-7-9-15(10-8-13)14-5-3-2-4-6-14;1-2/h2-10,12H,11H2,1H3;1-2H3. The second-order valence-corrected chi connectivity index (χ2v) is 4.81. The largest absolute Gasteiger partial charge is 0.457 e. The lowest BCUT2D eigenvalue weighted by molar-refractivity contribution is -0.145. The summed E-state index contributed by atoms with van der Waals surface area (Å²) in [6.07, 6.45) is -0.227. The molecule has 1 unspecified atom stereocenters. The van der Waals surface area contributed by atoms with E-state index in [2.05, 4.69) is 28.1 Å². The van der Waals surface area contributed by atoms with Crippen LogP contribution in [0.1, 0.15) is 32.4 Å². The van der Waals surface area contributed by atoms with E-state index >= 15 is 0 Å². The maximum Gasteiger partial charge on any atom is 0.317 e. The Hall–Kier alpha value is -1.61. The second kappa shape index (κ2) is 9.35. The minimum absolute atomic E-state index is 0.222. The van der Waals surface area contributed by atoms with Crippen molar-refractivity contribution in [2.45, 2.75) is 26.9 Å². The van der Waals surface area contributed by atoms with Crippen LogP contribution in [0.2, 0.25) is 0 Å². The summed E-state index contributed by atoms with van der Waals surface area (Å²) in [6, 6.07) is 18.3. The minimum atomic E-state index is -0.250. The van der Waals surface area contributed by atoms with E-state index in [-0.39, 0.29) is 17.4 Å². The number of hydrogen-bond acceptors (Lipinski definition) is 2. The van der Waals surface area contributed by atoms with Gasteiger partial charge in [-0.05, 0) is 23.6 Å². The van der Waals surface area contributed by atoms with Crippen LogP contribution in [0.5, 0.6) is 0 Å². The average molecular weight is 349 g/mol. The maximum atomic E-state index is 11.2. The number of carbonyl (C=O) groups is 1. The molecule has 2 aromatic rings. The quantitative estimate of drug-likeness (QED) is 0.547. The molecule has 3 heteroatoms. The van der Waals surface area contributed by atoms with E-state index in [1.807, 2.05) is 63.2 Å². The average Bonchev–Trinajstić information content (AvgIpc) is 2.57. The van der Waals surface area contributed by atoms with Crippen molar-refractivity contribution >= 4 is 21.9 Å². The summed E-state index contributed by atoms with van der Waals surface area (Å²) in [5.74, 6) is -0.250. The Morgan fingerprint density at radius 2 is 1.52 bits per heavy atom. The molecule has 0 spiro atoms. The van der Waals surface area contributed by atoms with Crippen LogP contribution in [0.3, 0.4) is 0 Å². The van der Waals surface area contributed by atoms with E-state index < -0.39 is 0 Å². The van der Waals surface area contributed by atoms with Gasteiger partial charge in [-0.2, -0.15) is 0 Å². The highest BCUT2D eigenvalue weighted by Gasteiger charge is 2.10. The van der Waals surface area contributed by atoms with E-state index in [1.54, 1.807) is 0 Å². The highest BCUT2D eigenvalue weighted by Crippen LogP contribution is 2.23. The fraction of sp³-hybridized carbons (Fsp3) is 0.278. The van der Waals surface area contributed by atoms with Gasteiger partial charge in [-0.1, -0.05) is 84.4 Å². The fourth-order valence-corrected chi connectivity index (χ4v) is 2.01. The van der Waals surface area contributed by atoms with Crippen LogP contribution in [-0.2, 0) is 9.53 Å². The van der Waals surface area contributed by atoms with Crippen LogP contribution in [0.15, 0.2) is 54.6 Å². The minimum Gasteiger partial charge on any atom is -0.457 e. The van der Waals surface area contributed by atoms with Crippen molar-refractivity contribution in [3.63, 3.8) is 0 Å². The number of esters is 1. The van der Waals surface area contributed by atoms with Gasteiger partial charge in [0, 0.05) is 0 Å². The van der Waals surface area contributed by atoms with E-state index in [9.17, 15) is 4.79 Å². The van der Waals surface area contributed by atoms with Crippen LogP contribution < -0.4 is 0 Å². The molecule has 21 heavy (non-hydrogen) atoms. The molecule has 2 aromatic carbocycles. The zero-order chi connectivity index (χ0) is 15.7. The summed E-state index contributed by atoms with van der Waals surface area (Å²) in [5.41, 5.74) is 3.33. The highest BCUT2D eigenvalue weighted by atomic mass is 79.9. The molecule has 0 aliphatic rings. The van der Waals surface area contributed by atoms with Crippen molar-refractivity contribution < 1.29 is 9.53 Å². The van der Waals surface area contributed by atoms with E-state index in [1.165, 1.54) is 5.56 Å². The first-order chi connectivity index (χ1) is 10.2. The van der Waals surface area contributed by atoms with Crippen LogP contribution in [0, 0.1) is 0 Å². The molecule has 0 radical (unpaired) electrons. The number of carbonyl (C=O) groups excluding carboxylic acids is 1. The third kappa shape index (κ3) is 5.35. The van der Waals surface area contributed by atoms with Gasteiger partial charge in [-0.3, -0.25) is 4.79 Å². The second-order valence-electron chi connectivity index (χ2n) is 4.25. The van der Waals surface area contributed by atoms with Gasteiger partial charge < -0.3 is 4.74 Å². The summed E-state index contributed by atoms with van der Waals surface area (Å²) in [5, 5.41) is 0.222. The van der Waals surface area contributed by atoms with E-state index in [0.717, 1.165) is 11.1 Å². The van der Waals surface area contributed by atoms with Gasteiger partial charge in [0.25, 0.3) is 0 Å². The predicted octanol–water partition coefficient (Wildman–Crippen LogP) is 5.38. The maximum absolute atomic E-state index is 11.2. The highest BCUT2D eigenvalue weighted by molar-refractivity contribution is 9.09. The molecule has 0 saturated carbocycles. The molecule has 2 nitrogen and oxygen atoms in total. The number of hydrogen-bond donors (Lipinski definition) is 0. The molecule has 0 saturated heterocycles. The molecular weight excluding hydrogens is 328 g/mol. The molecule has 2 rings (SSSR count). The number of rotatable bonds is 4. The summed E-state index contributed by atoms with van der Waals surface area (Å²) in [4.78, 5) is 11.2. The van der Waals surface area contributed by atoms with Crippen molar-refractivity contribution in [3.8, 4) is 11.1 Å². The first-order valence-electron chi connectivity index (χ1n) is 7.11. The molecule has 0 amide bonds. The summed E-state index contributed by atoms with van der Waals surface area (Å²) < 4.78 is 5.25. The number of alkyl halides is 1. The first-order valence-corrected chi connectivity index (χ1v) is 8.23. The van der Waals surface area contributed by atoms with Gasteiger partial charge in [-0.25, -0.2) is 0 Å². The van der Waals surface area contributed by atoms with Gasteiger partial charge in [0.1, 0.15) is 11.4 Å². The molecule has 0 aliphatic carbocycles. The smallest absolute Gasteiger partial charge is 0.317 e. The molecule has 1 atom stereocenters. The van der Waals surface area contributed by atoms with E-state index in [4.69, 9.17) is 4.74 Å². The monoisotopic (exact) mass is 348 g/mol. The predicted molar refractivity (Wildman–Crippen MR) is 91.5 cm³/mol. The molecule has 0 heterocycles. The lowest BCUT2D eigenvalue weighted by Crippen LogP contribution is -2.09. The van der Waals surface area contributed by atoms with Gasteiger partial charge in [0.2, 0.25) is 0 Å². The van der Waals surface area contributed by atoms with Crippen LogP contribution >= 0.6 is 15.9 Å². The van der Waals surface area contributed by atoms with Crippen molar-refractivity contribution in [1.29, 1.82) is 0 Å². The summed E-state index contributed by atoms with van der Waals surface area (Å²) in [6.45, 7) is 5.87. The Labute approximate surface area is 135 Å². The normalized spacial score (nSPS) is 11.0. The Morgan fingerprint density at radius 3 is 2.05 bits per heavy atom. The number of benzene rings is 2. The molecule has 0 aliphatic heterocycles. The number of ether oxygens (including phenoxy) is 1. The number of halogens is 1. The summed E-state index contributed by atoms with van der Waals surface area (Å²) >= 11 is 3.08. The molecule has 0 bridgehead atoms. The summed E-state index contributed by atoms with van der Waals surface area (Å²) in [7, 11) is 0. The van der Waals surface area contributed by atoms with Crippen molar-refractivity contribution in [3.05, 3.63) is 60.2 Å². The van der Waals surface area contributed by atoms with E-state index in [0.29, 0.717) is 0 Å². The Balaban J connectivity index is 0.00000106. The third-order valence-electron chi connectivity index (χ3n) is 2.90. The fourth-order valence-electron chi connectivity index (χ4n) is 1.87. The zero-order valence-electron chi connectivity index (χ0n) is 12.7. The van der Waals surface area contributed by atoms with Crippen molar-refractivity contribution in [1.82, 2.24) is 0 Å². The van der Waals surface area contributed by atoms with Crippen molar-refractivity contribution in [2.75, 3.05) is 5.33 Å². The third-order valence-corrected chi connectivity index (χ3v) is 3.36. The molecule has 112 valence electrons. The molecule has 0 N–H and O–H groups in total. The molecular formula is C18H21BrO2. The zero-order valence-corrected chi connectivity index (χ0v) is 14.3. The van der Waals surface area contributed by atoms with Gasteiger partial charge in [0.05, 0.1) is 0 Å².